The first-order valence-corrected chi connectivity index (χ1v) is 7.62. The topological polar surface area (TPSA) is 51.8 Å². The van der Waals surface area contributed by atoms with Crippen LogP contribution < -0.4 is 0 Å². The number of thioether (sulfide) groups is 1. The van der Waals surface area contributed by atoms with Gasteiger partial charge in [0.05, 0.1) is 16.3 Å². The zero-order valence-electron chi connectivity index (χ0n) is 12.0. The summed E-state index contributed by atoms with van der Waals surface area (Å²) in [6.45, 7) is 5.84. The second-order valence-corrected chi connectivity index (χ2v) is 6.93. The third kappa shape index (κ3) is 4.13. The van der Waals surface area contributed by atoms with Gasteiger partial charge in [0.1, 0.15) is 5.03 Å². The van der Waals surface area contributed by atoms with E-state index in [9.17, 15) is 13.2 Å². The van der Waals surface area contributed by atoms with Crippen molar-refractivity contribution in [3.8, 4) is 0 Å². The Morgan fingerprint density at radius 1 is 1.27 bits per heavy atom. The molecule has 22 heavy (non-hydrogen) atoms. The third-order valence-corrected chi connectivity index (χ3v) is 4.00. The van der Waals surface area contributed by atoms with Gasteiger partial charge >= 0.3 is 6.18 Å². The smallest absolute Gasteiger partial charge is 0.338 e. The van der Waals surface area contributed by atoms with Gasteiger partial charge in [0.2, 0.25) is 5.89 Å². The molecule has 0 spiro atoms. The average molecular weight is 352 g/mol. The molecule has 0 aliphatic heterocycles. The molecule has 0 aromatic carbocycles. The highest BCUT2D eigenvalue weighted by Gasteiger charge is 2.31. The Morgan fingerprint density at radius 2 is 1.95 bits per heavy atom. The van der Waals surface area contributed by atoms with Gasteiger partial charge in [0.15, 0.2) is 5.82 Å². The van der Waals surface area contributed by atoms with Crippen LogP contribution in [0, 0.1) is 0 Å². The van der Waals surface area contributed by atoms with Crippen molar-refractivity contribution in [2.45, 2.75) is 43.1 Å². The Morgan fingerprint density at radius 3 is 2.45 bits per heavy atom. The van der Waals surface area contributed by atoms with Crippen molar-refractivity contribution in [1.29, 1.82) is 0 Å². The Hall–Kier alpha value is -1.28. The van der Waals surface area contributed by atoms with Crippen LogP contribution >= 0.6 is 23.4 Å². The zero-order chi connectivity index (χ0) is 16.5. The molecule has 120 valence electrons. The van der Waals surface area contributed by atoms with Crippen LogP contribution in [-0.2, 0) is 17.3 Å². The number of halogens is 4. The van der Waals surface area contributed by atoms with Gasteiger partial charge in [-0.3, -0.25) is 0 Å². The number of pyridine rings is 1. The Bertz CT molecular complexity index is 667. The van der Waals surface area contributed by atoms with Gasteiger partial charge in [0, 0.05) is 11.6 Å². The van der Waals surface area contributed by atoms with Crippen LogP contribution in [0.4, 0.5) is 13.2 Å². The minimum atomic E-state index is -4.46. The summed E-state index contributed by atoms with van der Waals surface area (Å²) >= 11 is 6.97. The number of aromatic nitrogens is 3. The van der Waals surface area contributed by atoms with E-state index in [0.717, 1.165) is 24.0 Å². The van der Waals surface area contributed by atoms with Gasteiger partial charge < -0.3 is 4.52 Å². The first-order chi connectivity index (χ1) is 10.1. The van der Waals surface area contributed by atoms with Crippen LogP contribution in [0.25, 0.3) is 0 Å². The largest absolute Gasteiger partial charge is 0.417 e. The van der Waals surface area contributed by atoms with Crippen molar-refractivity contribution < 1.29 is 17.7 Å². The summed E-state index contributed by atoms with van der Waals surface area (Å²) in [5, 5.41) is 4.09. The second kappa shape index (κ2) is 6.08. The van der Waals surface area contributed by atoms with Crippen LogP contribution in [0.2, 0.25) is 5.02 Å². The lowest BCUT2D eigenvalue weighted by atomic mass is 9.96. The molecule has 0 unspecified atom stereocenters. The van der Waals surface area contributed by atoms with E-state index in [1.807, 2.05) is 20.8 Å². The minimum absolute atomic E-state index is 0.0598. The maximum Gasteiger partial charge on any atom is 0.417 e. The molecule has 9 heteroatoms. The highest BCUT2D eigenvalue weighted by atomic mass is 35.5. The summed E-state index contributed by atoms with van der Waals surface area (Å²) in [5.41, 5.74) is -1.12. The van der Waals surface area contributed by atoms with Crippen LogP contribution in [0.5, 0.6) is 0 Å². The summed E-state index contributed by atoms with van der Waals surface area (Å²) < 4.78 is 42.7. The summed E-state index contributed by atoms with van der Waals surface area (Å²) in [5.74, 6) is 1.21. The quantitative estimate of drug-likeness (QED) is 0.748. The van der Waals surface area contributed by atoms with E-state index < -0.39 is 11.7 Å². The fourth-order valence-corrected chi connectivity index (χ4v) is 2.47. The predicted molar refractivity (Wildman–Crippen MR) is 76.8 cm³/mol. The van der Waals surface area contributed by atoms with E-state index in [1.54, 1.807) is 0 Å². The van der Waals surface area contributed by atoms with Gasteiger partial charge in [-0.25, -0.2) is 4.98 Å². The van der Waals surface area contributed by atoms with E-state index >= 15 is 0 Å². The molecule has 0 aliphatic carbocycles. The van der Waals surface area contributed by atoms with Crippen molar-refractivity contribution in [2.24, 2.45) is 0 Å². The maximum absolute atomic E-state index is 12.5. The van der Waals surface area contributed by atoms with E-state index in [0.29, 0.717) is 11.7 Å². The molecule has 2 aromatic rings. The first-order valence-electron chi connectivity index (χ1n) is 6.26. The van der Waals surface area contributed by atoms with E-state index in [1.165, 1.54) is 0 Å². The monoisotopic (exact) mass is 351 g/mol. The molecule has 4 nitrogen and oxygen atoms in total. The molecule has 0 atom stereocenters. The number of rotatable bonds is 3. The van der Waals surface area contributed by atoms with E-state index in [4.69, 9.17) is 16.1 Å². The lowest BCUT2D eigenvalue weighted by Crippen LogP contribution is -2.13. The predicted octanol–water partition coefficient (Wildman–Crippen LogP) is 4.73. The third-order valence-electron chi connectivity index (χ3n) is 2.61. The van der Waals surface area contributed by atoms with Gasteiger partial charge in [-0.15, -0.1) is 0 Å². The number of hydrogen-bond acceptors (Lipinski definition) is 5. The highest BCUT2D eigenvalue weighted by Crippen LogP contribution is 2.34. The number of alkyl halides is 3. The van der Waals surface area contributed by atoms with Gasteiger partial charge in [-0.05, 0) is 6.07 Å². The number of hydrogen-bond donors (Lipinski definition) is 0. The van der Waals surface area contributed by atoms with Crippen molar-refractivity contribution in [3.05, 3.63) is 34.6 Å². The molecule has 0 radical (unpaired) electrons. The molecule has 0 N–H and O–H groups in total. The molecular formula is C13H13ClF3N3OS. The molecule has 0 bridgehead atoms. The van der Waals surface area contributed by atoms with Crippen LogP contribution in [0.15, 0.2) is 21.8 Å². The second-order valence-electron chi connectivity index (χ2n) is 5.56. The molecule has 2 rings (SSSR count). The van der Waals surface area contributed by atoms with Crippen molar-refractivity contribution in [2.75, 3.05) is 0 Å². The van der Waals surface area contributed by atoms with Crippen LogP contribution in [0.1, 0.15) is 38.0 Å². The van der Waals surface area contributed by atoms with Crippen molar-refractivity contribution in [1.82, 2.24) is 15.1 Å². The molecule has 2 aromatic heterocycles. The standard InChI is InChI=1S/C13H13ClF3N3OS/c1-12(2,3)11-19-9(21-20-11)6-22-10-8(14)4-7(5-18-10)13(15,16)17/h4-5H,6H2,1-3H3. The lowest BCUT2D eigenvalue weighted by Gasteiger charge is -2.10. The Labute approximate surface area is 134 Å². The van der Waals surface area contributed by atoms with Gasteiger partial charge in [-0.1, -0.05) is 49.3 Å². The molecule has 0 fully saturated rings. The fraction of sp³-hybridized carbons (Fsp3) is 0.462. The lowest BCUT2D eigenvalue weighted by molar-refractivity contribution is -0.137. The van der Waals surface area contributed by atoms with Gasteiger partial charge in [0.25, 0.3) is 0 Å². The zero-order valence-corrected chi connectivity index (χ0v) is 13.6. The normalized spacial score (nSPS) is 12.7. The minimum Gasteiger partial charge on any atom is -0.338 e. The summed E-state index contributed by atoms with van der Waals surface area (Å²) in [6.07, 6.45) is -3.71. The Kier molecular flexibility index (Phi) is 4.72. The summed E-state index contributed by atoms with van der Waals surface area (Å²) in [7, 11) is 0. The van der Waals surface area contributed by atoms with E-state index in [2.05, 4.69) is 15.1 Å². The molecule has 0 aliphatic rings. The highest BCUT2D eigenvalue weighted by molar-refractivity contribution is 7.98. The first kappa shape index (κ1) is 17.1. The average Bonchev–Trinajstić information content (AvgIpc) is 2.84. The molecule has 0 saturated carbocycles. The van der Waals surface area contributed by atoms with Crippen LogP contribution in [0.3, 0.4) is 0 Å². The fourth-order valence-electron chi connectivity index (χ4n) is 1.43. The Balaban J connectivity index is 2.07. The SMILES string of the molecule is CC(C)(C)c1noc(CSc2ncc(C(F)(F)F)cc2Cl)n1. The van der Waals surface area contributed by atoms with E-state index in [-0.39, 0.29) is 21.2 Å². The van der Waals surface area contributed by atoms with Gasteiger partial charge in [-0.2, -0.15) is 18.2 Å². The number of nitrogens with zero attached hydrogens (tertiary/aromatic N) is 3. The molecule has 0 saturated heterocycles. The molecule has 2 heterocycles. The van der Waals surface area contributed by atoms with Crippen LogP contribution in [-0.4, -0.2) is 15.1 Å². The van der Waals surface area contributed by atoms with Crippen molar-refractivity contribution in [3.63, 3.8) is 0 Å². The molecular weight excluding hydrogens is 339 g/mol. The maximum atomic E-state index is 12.5. The summed E-state index contributed by atoms with van der Waals surface area (Å²) in [6, 6.07) is 0.852. The summed E-state index contributed by atoms with van der Waals surface area (Å²) in [4.78, 5) is 7.97. The van der Waals surface area contributed by atoms with Crippen molar-refractivity contribution >= 4 is 23.4 Å². The molecule has 0 amide bonds.